The van der Waals surface area contributed by atoms with Gasteiger partial charge in [-0.3, -0.25) is 0 Å². The topological polar surface area (TPSA) is 40.5 Å². The van der Waals surface area contributed by atoms with Crippen LogP contribution in [0.2, 0.25) is 0 Å². The Morgan fingerprint density at radius 3 is 2.26 bits per heavy atom. The van der Waals surface area contributed by atoms with Crippen LogP contribution in [0.3, 0.4) is 0 Å². The van der Waals surface area contributed by atoms with E-state index in [-0.39, 0.29) is 12.0 Å². The summed E-state index contributed by atoms with van der Waals surface area (Å²) in [5.74, 6) is 0.315. The third-order valence-electron chi connectivity index (χ3n) is 4.12. The minimum atomic E-state index is -0.102. The van der Waals surface area contributed by atoms with Crippen molar-refractivity contribution in [2.75, 3.05) is 6.61 Å². The van der Waals surface area contributed by atoms with Crippen molar-refractivity contribution in [2.45, 2.75) is 25.7 Å². The van der Waals surface area contributed by atoms with E-state index in [4.69, 9.17) is 5.11 Å². The van der Waals surface area contributed by atoms with Crippen molar-refractivity contribution in [3.63, 3.8) is 0 Å². The summed E-state index contributed by atoms with van der Waals surface area (Å²) in [6.45, 7) is 4.53. The van der Waals surface area contributed by atoms with Crippen molar-refractivity contribution in [3.05, 3.63) is 53.1 Å². The molecule has 98 valence electrons. The Morgan fingerprint density at radius 2 is 1.58 bits per heavy atom. The first-order valence-electron chi connectivity index (χ1n) is 6.62. The molecule has 0 unspecified atom stereocenters. The maximum absolute atomic E-state index is 9.71. The predicted molar refractivity (Wildman–Crippen MR) is 76.5 cm³/mol. The Balaban J connectivity index is 2.22. The van der Waals surface area contributed by atoms with Crippen molar-refractivity contribution in [3.8, 4) is 16.9 Å². The number of rotatable bonds is 2. The van der Waals surface area contributed by atoms with Crippen LogP contribution in [0.1, 0.15) is 30.5 Å². The SMILES string of the molecule is CC1(C)c2cc(O)ccc2-c2ccc(CCO)cc21. The van der Waals surface area contributed by atoms with Gasteiger partial charge in [-0.15, -0.1) is 0 Å². The fourth-order valence-corrected chi connectivity index (χ4v) is 3.06. The summed E-state index contributed by atoms with van der Waals surface area (Å²) in [6, 6.07) is 12.0. The molecule has 0 saturated heterocycles. The second-order valence-corrected chi connectivity index (χ2v) is 5.71. The van der Waals surface area contributed by atoms with Gasteiger partial charge in [0.05, 0.1) is 0 Å². The third kappa shape index (κ3) is 1.75. The van der Waals surface area contributed by atoms with Gasteiger partial charge in [-0.1, -0.05) is 38.1 Å². The quantitative estimate of drug-likeness (QED) is 0.863. The number of benzene rings is 2. The molecule has 0 spiro atoms. The molecule has 2 aromatic rings. The maximum Gasteiger partial charge on any atom is 0.115 e. The highest BCUT2D eigenvalue weighted by molar-refractivity contribution is 5.81. The fourth-order valence-electron chi connectivity index (χ4n) is 3.06. The zero-order valence-corrected chi connectivity index (χ0v) is 11.3. The molecule has 2 heteroatoms. The summed E-state index contributed by atoms with van der Waals surface area (Å²) in [7, 11) is 0. The highest BCUT2D eigenvalue weighted by Gasteiger charge is 2.35. The Kier molecular flexibility index (Phi) is 2.64. The highest BCUT2D eigenvalue weighted by atomic mass is 16.3. The lowest BCUT2D eigenvalue weighted by atomic mass is 9.82. The molecule has 0 aliphatic heterocycles. The van der Waals surface area contributed by atoms with Crippen molar-refractivity contribution >= 4 is 0 Å². The van der Waals surface area contributed by atoms with E-state index < -0.39 is 0 Å². The largest absolute Gasteiger partial charge is 0.508 e. The molecule has 0 radical (unpaired) electrons. The van der Waals surface area contributed by atoms with Crippen LogP contribution in [0.4, 0.5) is 0 Å². The lowest BCUT2D eigenvalue weighted by Crippen LogP contribution is -2.15. The molecule has 3 rings (SSSR count). The molecule has 2 nitrogen and oxygen atoms in total. The van der Waals surface area contributed by atoms with Gasteiger partial charge in [-0.05, 0) is 46.4 Å². The van der Waals surface area contributed by atoms with Crippen LogP contribution in [0.5, 0.6) is 5.75 Å². The molecule has 0 aromatic heterocycles. The average Bonchev–Trinajstić information content (AvgIpc) is 2.59. The molecule has 1 aliphatic carbocycles. The van der Waals surface area contributed by atoms with E-state index >= 15 is 0 Å². The summed E-state index contributed by atoms with van der Waals surface area (Å²) in [5, 5.41) is 18.8. The van der Waals surface area contributed by atoms with Crippen molar-refractivity contribution in [1.29, 1.82) is 0 Å². The monoisotopic (exact) mass is 254 g/mol. The van der Waals surface area contributed by atoms with E-state index in [9.17, 15) is 5.11 Å². The molecular weight excluding hydrogens is 236 g/mol. The second kappa shape index (κ2) is 4.10. The summed E-state index contributed by atoms with van der Waals surface area (Å²) in [5.41, 5.74) is 5.94. The van der Waals surface area contributed by atoms with E-state index in [2.05, 4.69) is 32.0 Å². The van der Waals surface area contributed by atoms with Crippen molar-refractivity contribution in [2.24, 2.45) is 0 Å². The summed E-state index contributed by atoms with van der Waals surface area (Å²) in [4.78, 5) is 0. The number of hydrogen-bond acceptors (Lipinski definition) is 2. The lowest BCUT2D eigenvalue weighted by molar-refractivity contribution is 0.299. The number of phenols is 1. The number of phenolic OH excluding ortho intramolecular Hbond substituents is 1. The van der Waals surface area contributed by atoms with E-state index in [1.807, 2.05) is 12.1 Å². The first-order valence-corrected chi connectivity index (χ1v) is 6.62. The Hall–Kier alpha value is -1.80. The maximum atomic E-state index is 9.71. The molecule has 2 N–H and O–H groups in total. The van der Waals surface area contributed by atoms with Crippen LogP contribution in [0, 0.1) is 0 Å². The van der Waals surface area contributed by atoms with E-state index in [0.29, 0.717) is 12.2 Å². The van der Waals surface area contributed by atoms with Gasteiger partial charge in [0, 0.05) is 12.0 Å². The number of aliphatic hydroxyl groups is 1. The van der Waals surface area contributed by atoms with E-state index in [1.54, 1.807) is 6.07 Å². The Morgan fingerprint density at radius 1 is 0.947 bits per heavy atom. The van der Waals surface area contributed by atoms with Crippen molar-refractivity contribution in [1.82, 2.24) is 0 Å². The van der Waals surface area contributed by atoms with Crippen LogP contribution >= 0.6 is 0 Å². The standard InChI is InChI=1S/C17H18O2/c1-17(2)15-9-11(7-8-18)3-5-13(15)14-6-4-12(19)10-16(14)17/h3-6,9-10,18-19H,7-8H2,1-2H3. The number of aromatic hydroxyl groups is 1. The van der Waals surface area contributed by atoms with Crippen molar-refractivity contribution < 1.29 is 10.2 Å². The average molecular weight is 254 g/mol. The molecule has 2 aromatic carbocycles. The first-order chi connectivity index (χ1) is 9.04. The molecule has 0 bridgehead atoms. The second-order valence-electron chi connectivity index (χ2n) is 5.71. The molecule has 0 amide bonds. The molecule has 1 aliphatic rings. The molecule has 19 heavy (non-hydrogen) atoms. The normalized spacial score (nSPS) is 15.1. The summed E-state index contributed by atoms with van der Waals surface area (Å²) < 4.78 is 0. The fraction of sp³-hybridized carbons (Fsp3) is 0.294. The van der Waals surface area contributed by atoms with Crippen LogP contribution in [0.25, 0.3) is 11.1 Å². The van der Waals surface area contributed by atoms with Crippen LogP contribution in [0.15, 0.2) is 36.4 Å². The molecule has 0 heterocycles. The van der Waals surface area contributed by atoms with E-state index in [1.165, 1.54) is 22.3 Å². The minimum absolute atomic E-state index is 0.102. The molecular formula is C17H18O2. The van der Waals surface area contributed by atoms with Gasteiger partial charge in [0.1, 0.15) is 5.75 Å². The lowest BCUT2D eigenvalue weighted by Gasteiger charge is -2.22. The third-order valence-corrected chi connectivity index (χ3v) is 4.12. The Labute approximate surface area is 113 Å². The minimum Gasteiger partial charge on any atom is -0.508 e. The van der Waals surface area contributed by atoms with Crippen LogP contribution < -0.4 is 0 Å². The molecule has 0 saturated carbocycles. The molecule has 0 fully saturated rings. The van der Waals surface area contributed by atoms with Gasteiger partial charge in [0.25, 0.3) is 0 Å². The smallest absolute Gasteiger partial charge is 0.115 e. The first kappa shape index (κ1) is 12.2. The van der Waals surface area contributed by atoms with E-state index in [0.717, 1.165) is 5.56 Å². The highest BCUT2D eigenvalue weighted by Crippen LogP contribution is 2.49. The van der Waals surface area contributed by atoms with Gasteiger partial charge >= 0.3 is 0 Å². The number of fused-ring (bicyclic) bond motifs is 3. The van der Waals surface area contributed by atoms with Gasteiger partial charge in [-0.2, -0.15) is 0 Å². The predicted octanol–water partition coefficient (Wildman–Crippen LogP) is 3.23. The van der Waals surface area contributed by atoms with Crippen LogP contribution in [-0.2, 0) is 11.8 Å². The number of hydrogen-bond donors (Lipinski definition) is 2. The van der Waals surface area contributed by atoms with Gasteiger partial charge in [0.15, 0.2) is 0 Å². The zero-order valence-electron chi connectivity index (χ0n) is 11.3. The van der Waals surface area contributed by atoms with Gasteiger partial charge < -0.3 is 10.2 Å². The summed E-state index contributed by atoms with van der Waals surface area (Å²) in [6.07, 6.45) is 0.685. The van der Waals surface area contributed by atoms with Crippen LogP contribution in [-0.4, -0.2) is 16.8 Å². The summed E-state index contributed by atoms with van der Waals surface area (Å²) >= 11 is 0. The zero-order chi connectivity index (χ0) is 13.6. The van der Waals surface area contributed by atoms with Gasteiger partial charge in [-0.25, -0.2) is 0 Å². The Bertz CT molecular complexity index is 642. The molecule has 0 atom stereocenters. The van der Waals surface area contributed by atoms with Gasteiger partial charge in [0.2, 0.25) is 0 Å². The number of aliphatic hydroxyl groups excluding tert-OH is 1.